The summed E-state index contributed by atoms with van der Waals surface area (Å²) in [5.74, 6) is 1.26. The Labute approximate surface area is 169 Å². The van der Waals surface area contributed by atoms with E-state index in [0.717, 1.165) is 13.1 Å². The Bertz CT molecular complexity index is 898. The fourth-order valence-electron chi connectivity index (χ4n) is 3.86. The van der Waals surface area contributed by atoms with Gasteiger partial charge < -0.3 is 14.8 Å². The summed E-state index contributed by atoms with van der Waals surface area (Å²) in [6.07, 6.45) is 0.683. The quantitative estimate of drug-likeness (QED) is 0.686. The number of nitrogens with one attached hydrogen (secondary N) is 2. The van der Waals surface area contributed by atoms with E-state index in [4.69, 9.17) is 9.47 Å². The number of rotatable bonds is 4. The summed E-state index contributed by atoms with van der Waals surface area (Å²) < 4.78 is 33.8. The highest BCUT2D eigenvalue weighted by molar-refractivity contribution is 7.91. The van der Waals surface area contributed by atoms with Gasteiger partial charge in [-0.15, -0.1) is 0 Å². The van der Waals surface area contributed by atoms with Gasteiger partial charge in [-0.25, -0.2) is 13.2 Å². The molecule has 0 radical (unpaired) electrons. The highest BCUT2D eigenvalue weighted by atomic mass is 32.2. The van der Waals surface area contributed by atoms with E-state index < -0.39 is 15.9 Å². The normalized spacial score (nSPS) is 23.7. The molecule has 10 nitrogen and oxygen atoms in total. The molecule has 158 valence electrons. The van der Waals surface area contributed by atoms with Crippen LogP contribution in [0.25, 0.3) is 0 Å². The number of imide groups is 1. The van der Waals surface area contributed by atoms with Crippen LogP contribution in [0.1, 0.15) is 6.42 Å². The monoisotopic (exact) mass is 424 g/mol. The first kappa shape index (κ1) is 19.9. The second-order valence-corrected chi connectivity index (χ2v) is 9.67. The molecule has 11 heteroatoms. The second-order valence-electron chi connectivity index (χ2n) is 7.44. The van der Waals surface area contributed by atoms with Crippen LogP contribution in [0, 0.1) is 0 Å². The molecule has 4 rings (SSSR count). The molecule has 2 N–H and O–H groups in total. The van der Waals surface area contributed by atoms with Gasteiger partial charge in [0.2, 0.25) is 12.7 Å². The standard InChI is InChI=1S/C18H24N4O6S/c23-17(20-18(24)19-13-1-2-15-16(9-13)28-12-27-15)10-21-4-6-22(7-5-21)14-3-8-29(25,26)11-14/h1-2,9,14H,3-8,10-12H2,(H2,19,20,23,24). The molecular weight excluding hydrogens is 400 g/mol. The minimum atomic E-state index is -2.90. The molecular formula is C18H24N4O6S. The van der Waals surface area contributed by atoms with Gasteiger partial charge in [-0.1, -0.05) is 0 Å². The average Bonchev–Trinajstić information content (AvgIpc) is 3.27. The second kappa shape index (κ2) is 8.17. The van der Waals surface area contributed by atoms with E-state index in [1.165, 1.54) is 0 Å². The number of nitrogens with zero attached hydrogens (tertiary/aromatic N) is 2. The van der Waals surface area contributed by atoms with Gasteiger partial charge in [0.05, 0.1) is 18.1 Å². The van der Waals surface area contributed by atoms with Gasteiger partial charge in [0.15, 0.2) is 21.3 Å². The van der Waals surface area contributed by atoms with Gasteiger partial charge >= 0.3 is 6.03 Å². The molecule has 2 saturated heterocycles. The van der Waals surface area contributed by atoms with Crippen LogP contribution in [0.5, 0.6) is 11.5 Å². The number of urea groups is 1. The number of ether oxygens (including phenoxy) is 2. The van der Waals surface area contributed by atoms with Crippen molar-refractivity contribution in [3.8, 4) is 11.5 Å². The third-order valence-electron chi connectivity index (χ3n) is 5.38. The predicted octanol–water partition coefficient (Wildman–Crippen LogP) is -0.132. The summed E-state index contributed by atoms with van der Waals surface area (Å²) in [4.78, 5) is 28.4. The van der Waals surface area contributed by atoms with Gasteiger partial charge in [-0.05, 0) is 18.6 Å². The van der Waals surface area contributed by atoms with Crippen LogP contribution in [-0.4, -0.2) is 87.2 Å². The van der Waals surface area contributed by atoms with Crippen molar-refractivity contribution in [2.45, 2.75) is 12.5 Å². The molecule has 0 bridgehead atoms. The van der Waals surface area contributed by atoms with Gasteiger partial charge in [0, 0.05) is 44.0 Å². The number of benzene rings is 1. The molecule has 1 atom stereocenters. The summed E-state index contributed by atoms with van der Waals surface area (Å²) in [5.41, 5.74) is 0.500. The summed E-state index contributed by atoms with van der Waals surface area (Å²) in [6, 6.07) is 4.47. The molecule has 3 heterocycles. The van der Waals surface area contributed by atoms with E-state index >= 15 is 0 Å². The molecule has 0 saturated carbocycles. The number of piperazine rings is 1. The fraction of sp³-hybridized carbons (Fsp3) is 0.556. The van der Waals surface area contributed by atoms with Crippen molar-refractivity contribution in [2.75, 3.05) is 56.3 Å². The number of amides is 3. The zero-order valence-corrected chi connectivity index (χ0v) is 16.7. The van der Waals surface area contributed by atoms with Crippen molar-refractivity contribution >= 4 is 27.5 Å². The minimum Gasteiger partial charge on any atom is -0.454 e. The van der Waals surface area contributed by atoms with Crippen molar-refractivity contribution in [3.05, 3.63) is 18.2 Å². The molecule has 3 aliphatic rings. The molecule has 0 spiro atoms. The molecule has 3 aliphatic heterocycles. The summed E-state index contributed by atoms with van der Waals surface area (Å²) >= 11 is 0. The van der Waals surface area contributed by atoms with Gasteiger partial charge in [-0.2, -0.15) is 0 Å². The highest BCUT2D eigenvalue weighted by Crippen LogP contribution is 2.34. The van der Waals surface area contributed by atoms with Crippen molar-refractivity contribution < 1.29 is 27.5 Å². The third-order valence-corrected chi connectivity index (χ3v) is 7.13. The first-order chi connectivity index (χ1) is 13.9. The van der Waals surface area contributed by atoms with Crippen molar-refractivity contribution in [1.82, 2.24) is 15.1 Å². The zero-order chi connectivity index (χ0) is 20.4. The van der Waals surface area contributed by atoms with Crippen LogP contribution in [0.4, 0.5) is 10.5 Å². The lowest BCUT2D eigenvalue weighted by Gasteiger charge is -2.37. The van der Waals surface area contributed by atoms with Gasteiger partial charge in [0.25, 0.3) is 0 Å². The van der Waals surface area contributed by atoms with Crippen LogP contribution in [-0.2, 0) is 14.6 Å². The first-order valence-corrected chi connectivity index (χ1v) is 11.4. The van der Waals surface area contributed by atoms with E-state index in [1.54, 1.807) is 18.2 Å². The maximum atomic E-state index is 12.2. The largest absolute Gasteiger partial charge is 0.454 e. The number of anilines is 1. The molecule has 1 aromatic carbocycles. The van der Waals surface area contributed by atoms with E-state index in [1.807, 2.05) is 4.90 Å². The molecule has 3 amide bonds. The van der Waals surface area contributed by atoms with Crippen LogP contribution in [0.15, 0.2) is 18.2 Å². The lowest BCUT2D eigenvalue weighted by atomic mass is 10.2. The topological polar surface area (TPSA) is 117 Å². The maximum Gasteiger partial charge on any atom is 0.325 e. The minimum absolute atomic E-state index is 0.0865. The van der Waals surface area contributed by atoms with Crippen molar-refractivity contribution in [1.29, 1.82) is 0 Å². The van der Waals surface area contributed by atoms with Crippen LogP contribution in [0.2, 0.25) is 0 Å². The summed E-state index contributed by atoms with van der Waals surface area (Å²) in [7, 11) is -2.90. The molecule has 1 aromatic rings. The van der Waals surface area contributed by atoms with E-state index in [0.29, 0.717) is 36.7 Å². The maximum absolute atomic E-state index is 12.2. The third kappa shape index (κ3) is 4.98. The smallest absolute Gasteiger partial charge is 0.325 e. The number of sulfone groups is 1. The molecule has 29 heavy (non-hydrogen) atoms. The van der Waals surface area contributed by atoms with Crippen LogP contribution < -0.4 is 20.1 Å². The van der Waals surface area contributed by atoms with E-state index in [9.17, 15) is 18.0 Å². The molecule has 2 fully saturated rings. The number of fused-ring (bicyclic) bond motifs is 1. The lowest BCUT2D eigenvalue weighted by Crippen LogP contribution is -2.53. The zero-order valence-electron chi connectivity index (χ0n) is 15.9. The Morgan fingerprint density at radius 3 is 2.59 bits per heavy atom. The fourth-order valence-corrected chi connectivity index (χ4v) is 5.62. The van der Waals surface area contributed by atoms with Gasteiger partial charge in [-0.3, -0.25) is 19.9 Å². The SMILES string of the molecule is O=C(CN1CCN(C2CCS(=O)(=O)C2)CC1)NC(=O)Nc1ccc2c(c1)OCO2. The number of hydrogen-bond donors (Lipinski definition) is 2. The Balaban J connectivity index is 1.20. The van der Waals surface area contributed by atoms with Crippen LogP contribution in [0.3, 0.4) is 0 Å². The predicted molar refractivity (Wildman–Crippen MR) is 105 cm³/mol. The summed E-state index contributed by atoms with van der Waals surface area (Å²) in [5, 5.41) is 4.93. The van der Waals surface area contributed by atoms with E-state index in [2.05, 4.69) is 15.5 Å². The Hall–Kier alpha value is -2.37. The van der Waals surface area contributed by atoms with E-state index in [-0.39, 0.29) is 36.8 Å². The first-order valence-electron chi connectivity index (χ1n) is 9.55. The molecule has 1 unspecified atom stereocenters. The number of hydrogen-bond acceptors (Lipinski definition) is 8. The molecule has 0 aromatic heterocycles. The highest BCUT2D eigenvalue weighted by Gasteiger charge is 2.33. The molecule has 0 aliphatic carbocycles. The van der Waals surface area contributed by atoms with Crippen LogP contribution >= 0.6 is 0 Å². The van der Waals surface area contributed by atoms with Gasteiger partial charge in [0.1, 0.15) is 0 Å². The van der Waals surface area contributed by atoms with Crippen molar-refractivity contribution in [2.24, 2.45) is 0 Å². The lowest BCUT2D eigenvalue weighted by molar-refractivity contribution is -0.121. The Morgan fingerprint density at radius 1 is 1.10 bits per heavy atom. The number of carbonyl (C=O) groups is 2. The summed E-state index contributed by atoms with van der Waals surface area (Å²) in [6.45, 7) is 3.02. The Morgan fingerprint density at radius 2 is 1.86 bits per heavy atom. The van der Waals surface area contributed by atoms with Crippen molar-refractivity contribution in [3.63, 3.8) is 0 Å². The average molecular weight is 424 g/mol. The Kier molecular flexibility index (Phi) is 5.61. The number of carbonyl (C=O) groups excluding carboxylic acids is 2.